The zero-order valence-electron chi connectivity index (χ0n) is 32.7. The summed E-state index contributed by atoms with van der Waals surface area (Å²) in [6, 6.07) is 81.2. The second-order valence-electron chi connectivity index (χ2n) is 15.6. The van der Waals surface area contributed by atoms with Crippen LogP contribution in [0.1, 0.15) is 0 Å². The highest BCUT2D eigenvalue weighted by molar-refractivity contribution is 6.23. The van der Waals surface area contributed by atoms with Crippen LogP contribution >= 0.6 is 0 Å². The maximum atomic E-state index is 7.04. The molecule has 0 unspecified atom stereocenters. The molecule has 0 aliphatic rings. The van der Waals surface area contributed by atoms with Crippen molar-refractivity contribution in [3.63, 3.8) is 0 Å². The summed E-state index contributed by atoms with van der Waals surface area (Å²) in [5.41, 5.74) is 12.1. The van der Waals surface area contributed by atoms with Crippen molar-refractivity contribution < 1.29 is 4.42 Å². The first-order chi connectivity index (χ1) is 29.8. The predicted molar refractivity (Wildman–Crippen MR) is 255 cm³/mol. The first-order valence-electron chi connectivity index (χ1n) is 20.6. The van der Waals surface area contributed by atoms with Gasteiger partial charge in [0.2, 0.25) is 0 Å². The highest BCUT2D eigenvalue weighted by Gasteiger charge is 2.23. The molecule has 60 heavy (non-hydrogen) atoms. The summed E-state index contributed by atoms with van der Waals surface area (Å²) in [7, 11) is 0. The second kappa shape index (κ2) is 13.9. The standard InChI is InChI=1S/C58H37NO/c1-3-17-41(18-4-1)55-50-25-12-11-24-48(50)49-36-34-44(37-53(49)56(55)42-19-5-2-6-20-42)59(43-32-29-40(30-33-43)46-26-13-21-38-15-7-9-22-45(38)46)54-28-14-27-51-52-35-31-39-16-8-10-23-47(39)57(52)60-58(51)54/h1-37H. The minimum Gasteiger partial charge on any atom is -0.453 e. The molecule has 11 aromatic carbocycles. The third-order valence-corrected chi connectivity index (χ3v) is 12.2. The van der Waals surface area contributed by atoms with Crippen molar-refractivity contribution in [2.45, 2.75) is 0 Å². The van der Waals surface area contributed by atoms with Crippen LogP contribution in [0.2, 0.25) is 0 Å². The highest BCUT2D eigenvalue weighted by Crippen LogP contribution is 2.48. The van der Waals surface area contributed by atoms with E-state index in [9.17, 15) is 0 Å². The van der Waals surface area contributed by atoms with Crippen LogP contribution in [0.15, 0.2) is 229 Å². The summed E-state index contributed by atoms with van der Waals surface area (Å²) < 4.78 is 7.04. The Balaban J connectivity index is 1.15. The smallest absolute Gasteiger partial charge is 0.159 e. The van der Waals surface area contributed by atoms with E-state index in [0.717, 1.165) is 49.8 Å². The fraction of sp³-hybridized carbons (Fsp3) is 0. The largest absolute Gasteiger partial charge is 0.453 e. The topological polar surface area (TPSA) is 16.4 Å². The van der Waals surface area contributed by atoms with E-state index < -0.39 is 0 Å². The van der Waals surface area contributed by atoms with Crippen molar-refractivity contribution in [1.82, 2.24) is 0 Å². The average Bonchev–Trinajstić information content (AvgIpc) is 3.72. The molecule has 1 aromatic heterocycles. The van der Waals surface area contributed by atoms with E-state index in [-0.39, 0.29) is 0 Å². The van der Waals surface area contributed by atoms with Gasteiger partial charge in [-0.15, -0.1) is 0 Å². The molecule has 12 rings (SSSR count). The Hall–Kier alpha value is -7.94. The Morgan fingerprint density at radius 3 is 1.55 bits per heavy atom. The Morgan fingerprint density at radius 1 is 0.283 bits per heavy atom. The van der Waals surface area contributed by atoms with Crippen LogP contribution in [0.5, 0.6) is 0 Å². The molecule has 0 atom stereocenters. The van der Waals surface area contributed by atoms with E-state index in [1.807, 2.05) is 0 Å². The summed E-state index contributed by atoms with van der Waals surface area (Å²) in [6.45, 7) is 0. The minimum atomic E-state index is 0.855. The molecule has 0 spiro atoms. The van der Waals surface area contributed by atoms with Gasteiger partial charge in [-0.1, -0.05) is 188 Å². The fourth-order valence-electron chi connectivity index (χ4n) is 9.51. The van der Waals surface area contributed by atoms with E-state index in [0.29, 0.717) is 0 Å². The lowest BCUT2D eigenvalue weighted by Crippen LogP contribution is -2.10. The van der Waals surface area contributed by atoms with Crippen LogP contribution in [0.25, 0.3) is 98.4 Å². The highest BCUT2D eigenvalue weighted by atomic mass is 16.3. The lowest BCUT2D eigenvalue weighted by Gasteiger charge is -2.27. The zero-order valence-corrected chi connectivity index (χ0v) is 32.7. The van der Waals surface area contributed by atoms with E-state index >= 15 is 0 Å². The maximum Gasteiger partial charge on any atom is 0.159 e. The summed E-state index contributed by atoms with van der Waals surface area (Å²) in [4.78, 5) is 2.38. The van der Waals surface area contributed by atoms with Gasteiger partial charge in [-0.05, 0) is 107 Å². The zero-order chi connectivity index (χ0) is 39.6. The Bertz CT molecular complexity index is 3580. The third kappa shape index (κ3) is 5.42. The number of hydrogen-bond acceptors (Lipinski definition) is 2. The molecule has 0 fully saturated rings. The summed E-state index contributed by atoms with van der Waals surface area (Å²) >= 11 is 0. The average molecular weight is 764 g/mol. The predicted octanol–water partition coefficient (Wildman–Crippen LogP) is 16.7. The number of rotatable bonds is 6. The molecule has 0 N–H and O–H groups in total. The van der Waals surface area contributed by atoms with Crippen LogP contribution in [-0.2, 0) is 0 Å². The van der Waals surface area contributed by atoms with Crippen molar-refractivity contribution in [3.8, 4) is 33.4 Å². The molecule has 0 radical (unpaired) electrons. The van der Waals surface area contributed by atoms with Gasteiger partial charge in [-0.25, -0.2) is 0 Å². The molecule has 0 aliphatic heterocycles. The summed E-state index contributed by atoms with van der Waals surface area (Å²) in [5.74, 6) is 0. The van der Waals surface area contributed by atoms with Crippen molar-refractivity contribution in [2.24, 2.45) is 0 Å². The van der Waals surface area contributed by atoms with Crippen molar-refractivity contribution >= 4 is 82.1 Å². The molecule has 0 amide bonds. The van der Waals surface area contributed by atoms with E-state index in [2.05, 4.69) is 229 Å². The van der Waals surface area contributed by atoms with Gasteiger partial charge >= 0.3 is 0 Å². The van der Waals surface area contributed by atoms with Crippen LogP contribution < -0.4 is 4.90 Å². The lowest BCUT2D eigenvalue weighted by molar-refractivity contribution is 0.673. The van der Waals surface area contributed by atoms with Crippen LogP contribution in [0.3, 0.4) is 0 Å². The van der Waals surface area contributed by atoms with Crippen molar-refractivity contribution in [3.05, 3.63) is 224 Å². The lowest BCUT2D eigenvalue weighted by atomic mass is 9.85. The second-order valence-corrected chi connectivity index (χ2v) is 15.6. The van der Waals surface area contributed by atoms with Gasteiger partial charge in [0.25, 0.3) is 0 Å². The molecular formula is C58H37NO. The Kier molecular flexibility index (Phi) is 7.89. The van der Waals surface area contributed by atoms with E-state index in [4.69, 9.17) is 4.42 Å². The van der Waals surface area contributed by atoms with E-state index in [1.165, 1.54) is 65.7 Å². The molecule has 2 heteroatoms. The molecule has 2 nitrogen and oxygen atoms in total. The quantitative estimate of drug-likeness (QED) is 0.157. The molecule has 0 saturated heterocycles. The minimum absolute atomic E-state index is 0.855. The van der Waals surface area contributed by atoms with Crippen LogP contribution in [-0.4, -0.2) is 0 Å². The van der Waals surface area contributed by atoms with Crippen molar-refractivity contribution in [2.75, 3.05) is 4.90 Å². The van der Waals surface area contributed by atoms with Crippen molar-refractivity contribution in [1.29, 1.82) is 0 Å². The Morgan fingerprint density at radius 2 is 0.800 bits per heavy atom. The molecule has 12 aromatic rings. The maximum absolute atomic E-state index is 7.04. The van der Waals surface area contributed by atoms with Gasteiger partial charge in [0, 0.05) is 27.5 Å². The molecule has 280 valence electrons. The first kappa shape index (κ1) is 34.1. The van der Waals surface area contributed by atoms with Gasteiger partial charge < -0.3 is 9.32 Å². The molecule has 0 aliphatic carbocycles. The number of para-hydroxylation sites is 1. The van der Waals surface area contributed by atoms with Gasteiger partial charge in [0.15, 0.2) is 5.58 Å². The number of anilines is 3. The molecule has 1 heterocycles. The fourth-order valence-corrected chi connectivity index (χ4v) is 9.51. The first-order valence-corrected chi connectivity index (χ1v) is 20.6. The monoisotopic (exact) mass is 763 g/mol. The van der Waals surface area contributed by atoms with Gasteiger partial charge in [-0.3, -0.25) is 0 Å². The van der Waals surface area contributed by atoms with Gasteiger partial charge in [0.05, 0.1) is 5.69 Å². The summed E-state index contributed by atoms with van der Waals surface area (Å²) in [6.07, 6.45) is 0. The number of nitrogens with zero attached hydrogens (tertiary/aromatic N) is 1. The van der Waals surface area contributed by atoms with Gasteiger partial charge in [0.1, 0.15) is 5.58 Å². The molecule has 0 bridgehead atoms. The number of hydrogen-bond donors (Lipinski definition) is 0. The van der Waals surface area contributed by atoms with Crippen LogP contribution in [0, 0.1) is 0 Å². The Labute approximate surface area is 347 Å². The molecular weight excluding hydrogens is 727 g/mol. The summed E-state index contributed by atoms with van der Waals surface area (Å²) in [5, 5.41) is 11.8. The third-order valence-electron chi connectivity index (χ3n) is 12.2. The number of furan rings is 1. The van der Waals surface area contributed by atoms with E-state index in [1.54, 1.807) is 0 Å². The SMILES string of the molecule is c1ccc(-c2c(-c3ccccc3)c3cc(N(c4ccc(-c5cccc6ccccc56)cc4)c4cccc5c4oc4c6ccccc6ccc54)ccc3c3ccccc23)cc1. The number of benzene rings is 11. The normalized spacial score (nSPS) is 11.7. The van der Waals surface area contributed by atoms with Crippen LogP contribution in [0.4, 0.5) is 17.1 Å². The molecule has 0 saturated carbocycles. The number of fused-ring (bicyclic) bond motifs is 9. The van der Waals surface area contributed by atoms with Gasteiger partial charge in [-0.2, -0.15) is 0 Å².